The number of fused-ring (bicyclic) bond motifs is 1. The summed E-state index contributed by atoms with van der Waals surface area (Å²) in [5.74, 6) is 1.02. The number of rotatable bonds is 3. The van der Waals surface area contributed by atoms with E-state index in [1.807, 2.05) is 46.4 Å². The van der Waals surface area contributed by atoms with Crippen LogP contribution >= 0.6 is 0 Å². The van der Waals surface area contributed by atoms with Crippen molar-refractivity contribution in [3.05, 3.63) is 29.7 Å². The van der Waals surface area contributed by atoms with Gasteiger partial charge in [0.1, 0.15) is 5.82 Å². The number of nitrogens with one attached hydrogen (secondary N) is 1. The van der Waals surface area contributed by atoms with Crippen LogP contribution in [-0.2, 0) is 0 Å². The van der Waals surface area contributed by atoms with Crippen molar-refractivity contribution < 1.29 is 9.59 Å². The van der Waals surface area contributed by atoms with E-state index in [4.69, 9.17) is 0 Å². The van der Waals surface area contributed by atoms with Crippen LogP contribution in [0.3, 0.4) is 0 Å². The van der Waals surface area contributed by atoms with E-state index in [1.165, 1.54) is 6.42 Å². The molecule has 0 spiro atoms. The van der Waals surface area contributed by atoms with Gasteiger partial charge in [0.15, 0.2) is 5.65 Å². The number of carbonyl (C=O) groups is 2. The first-order valence-electron chi connectivity index (χ1n) is 10.2. The van der Waals surface area contributed by atoms with Gasteiger partial charge in [-0.05, 0) is 51.7 Å². The van der Waals surface area contributed by atoms with Gasteiger partial charge in [0.25, 0.3) is 5.91 Å². The lowest BCUT2D eigenvalue weighted by atomic mass is 10.1. The summed E-state index contributed by atoms with van der Waals surface area (Å²) in [6, 6.07) is 3.77. The van der Waals surface area contributed by atoms with Gasteiger partial charge in [-0.3, -0.25) is 9.20 Å². The molecule has 1 unspecified atom stereocenters. The minimum Gasteiger partial charge on any atom is -0.339 e. The van der Waals surface area contributed by atoms with Crippen molar-refractivity contribution in [2.75, 3.05) is 26.2 Å². The highest BCUT2D eigenvalue weighted by Crippen LogP contribution is 2.27. The van der Waals surface area contributed by atoms with E-state index in [9.17, 15) is 9.59 Å². The molecular weight excluding hydrogens is 356 g/mol. The average Bonchev–Trinajstić information content (AvgIpc) is 3.34. The molecule has 2 fully saturated rings. The summed E-state index contributed by atoms with van der Waals surface area (Å²) >= 11 is 0. The van der Waals surface area contributed by atoms with E-state index >= 15 is 0 Å². The molecule has 8 heteroatoms. The molecule has 0 radical (unpaired) electrons. The quantitative estimate of drug-likeness (QED) is 0.880. The van der Waals surface area contributed by atoms with E-state index < -0.39 is 0 Å². The Morgan fingerprint density at radius 1 is 1.07 bits per heavy atom. The van der Waals surface area contributed by atoms with Gasteiger partial charge in [0.2, 0.25) is 0 Å². The molecule has 28 heavy (non-hydrogen) atoms. The van der Waals surface area contributed by atoms with E-state index in [1.54, 1.807) is 0 Å². The first-order chi connectivity index (χ1) is 13.5. The number of urea groups is 1. The number of aromatic nitrogens is 3. The maximum atomic E-state index is 12.9. The Bertz CT molecular complexity index is 871. The van der Waals surface area contributed by atoms with Crippen LogP contribution in [0.5, 0.6) is 0 Å². The fourth-order valence-electron chi connectivity index (χ4n) is 4.09. The molecule has 8 nitrogen and oxygen atoms in total. The minimum atomic E-state index is -0.0349. The van der Waals surface area contributed by atoms with Gasteiger partial charge in [0.05, 0.1) is 5.56 Å². The number of carbonyl (C=O) groups excluding carboxylic acids is 2. The summed E-state index contributed by atoms with van der Waals surface area (Å²) in [5.41, 5.74) is 1.40. The second-order valence-electron chi connectivity index (χ2n) is 8.09. The van der Waals surface area contributed by atoms with Crippen LogP contribution in [0.1, 0.15) is 61.6 Å². The lowest BCUT2D eigenvalue weighted by Gasteiger charge is -2.26. The van der Waals surface area contributed by atoms with E-state index in [2.05, 4.69) is 15.5 Å². The van der Waals surface area contributed by atoms with Crippen LogP contribution in [0.2, 0.25) is 0 Å². The Morgan fingerprint density at radius 2 is 1.86 bits per heavy atom. The van der Waals surface area contributed by atoms with E-state index in [0.29, 0.717) is 18.7 Å². The smallest absolute Gasteiger partial charge is 0.317 e. The molecule has 150 valence electrons. The summed E-state index contributed by atoms with van der Waals surface area (Å²) in [7, 11) is 0. The van der Waals surface area contributed by atoms with Gasteiger partial charge in [-0.25, -0.2) is 4.79 Å². The van der Waals surface area contributed by atoms with Crippen LogP contribution in [0.15, 0.2) is 18.3 Å². The molecule has 3 amide bonds. The number of hydrogen-bond donors (Lipinski definition) is 1. The number of nitrogens with zero attached hydrogens (tertiary/aromatic N) is 5. The van der Waals surface area contributed by atoms with Crippen LogP contribution in [-0.4, -0.2) is 68.6 Å². The maximum absolute atomic E-state index is 12.9. The van der Waals surface area contributed by atoms with Gasteiger partial charge in [-0.2, -0.15) is 0 Å². The molecule has 1 N–H and O–H groups in total. The number of hydrogen-bond acceptors (Lipinski definition) is 4. The van der Waals surface area contributed by atoms with Crippen molar-refractivity contribution in [2.24, 2.45) is 0 Å². The number of piperidine rings is 1. The summed E-state index contributed by atoms with van der Waals surface area (Å²) in [5, 5.41) is 11.6. The summed E-state index contributed by atoms with van der Waals surface area (Å²) in [6.07, 6.45) is 6.04. The largest absolute Gasteiger partial charge is 0.339 e. The Kier molecular flexibility index (Phi) is 5.19. The third kappa shape index (κ3) is 3.68. The lowest BCUT2D eigenvalue weighted by molar-refractivity contribution is 0.0724. The minimum absolute atomic E-state index is 0.0349. The molecule has 0 saturated carbocycles. The molecule has 2 aromatic heterocycles. The molecule has 2 aliphatic rings. The van der Waals surface area contributed by atoms with Crippen molar-refractivity contribution in [1.29, 1.82) is 0 Å². The van der Waals surface area contributed by atoms with Gasteiger partial charge in [-0.1, -0.05) is 0 Å². The Labute approximate surface area is 164 Å². The lowest BCUT2D eigenvalue weighted by Crippen LogP contribution is -2.41. The molecule has 2 aromatic rings. The monoisotopic (exact) mass is 384 g/mol. The SMILES string of the molecule is CC(C)NC(=O)N1CCC(c2nnc3ccc(C(=O)N4CCCCC4)cn23)C1. The third-order valence-electron chi connectivity index (χ3n) is 5.57. The number of likely N-dealkylation sites (tertiary alicyclic amines) is 2. The normalized spacial score (nSPS) is 20.2. The molecule has 4 heterocycles. The highest BCUT2D eigenvalue weighted by Gasteiger charge is 2.31. The van der Waals surface area contributed by atoms with Crippen LogP contribution in [0.4, 0.5) is 4.79 Å². The predicted molar refractivity (Wildman–Crippen MR) is 105 cm³/mol. The first-order valence-corrected chi connectivity index (χ1v) is 10.2. The standard InChI is InChI=1S/C20H28N6O2/c1-14(2)21-20(28)25-11-8-15(12-25)18-23-22-17-7-6-16(13-26(17)18)19(27)24-9-4-3-5-10-24/h6-7,13-15H,3-5,8-12H2,1-2H3,(H,21,28). The Hall–Kier alpha value is -2.64. The summed E-state index contributed by atoms with van der Waals surface area (Å²) < 4.78 is 1.92. The van der Waals surface area contributed by atoms with Gasteiger partial charge in [0, 0.05) is 44.3 Å². The van der Waals surface area contributed by atoms with Crippen LogP contribution in [0, 0.1) is 0 Å². The molecule has 1 atom stereocenters. The molecule has 0 aromatic carbocycles. The number of amides is 3. The van der Waals surface area contributed by atoms with E-state index in [-0.39, 0.29) is 23.9 Å². The van der Waals surface area contributed by atoms with Crippen molar-refractivity contribution >= 4 is 17.6 Å². The molecule has 2 aliphatic heterocycles. The van der Waals surface area contributed by atoms with Crippen molar-refractivity contribution in [3.63, 3.8) is 0 Å². The highest BCUT2D eigenvalue weighted by molar-refractivity contribution is 5.94. The van der Waals surface area contributed by atoms with Crippen LogP contribution in [0.25, 0.3) is 5.65 Å². The molecular formula is C20H28N6O2. The highest BCUT2D eigenvalue weighted by atomic mass is 16.2. The Balaban J connectivity index is 1.54. The van der Waals surface area contributed by atoms with Crippen molar-refractivity contribution in [2.45, 2.75) is 51.5 Å². The van der Waals surface area contributed by atoms with Crippen molar-refractivity contribution in [1.82, 2.24) is 29.7 Å². The van der Waals surface area contributed by atoms with Gasteiger partial charge >= 0.3 is 6.03 Å². The molecule has 0 aliphatic carbocycles. The molecule has 2 saturated heterocycles. The van der Waals surface area contributed by atoms with Crippen molar-refractivity contribution in [3.8, 4) is 0 Å². The second-order valence-corrected chi connectivity index (χ2v) is 8.09. The summed E-state index contributed by atoms with van der Waals surface area (Å²) in [4.78, 5) is 28.9. The molecule has 0 bridgehead atoms. The fraction of sp³-hybridized carbons (Fsp3) is 0.600. The first kappa shape index (κ1) is 18.7. The van der Waals surface area contributed by atoms with E-state index in [0.717, 1.165) is 43.8 Å². The fourth-order valence-corrected chi connectivity index (χ4v) is 4.09. The van der Waals surface area contributed by atoms with Gasteiger partial charge in [-0.15, -0.1) is 10.2 Å². The average molecular weight is 384 g/mol. The number of pyridine rings is 1. The zero-order chi connectivity index (χ0) is 19.7. The Morgan fingerprint density at radius 3 is 2.61 bits per heavy atom. The third-order valence-corrected chi connectivity index (χ3v) is 5.57. The maximum Gasteiger partial charge on any atom is 0.317 e. The summed E-state index contributed by atoms with van der Waals surface area (Å²) in [6.45, 7) is 6.88. The van der Waals surface area contributed by atoms with Crippen LogP contribution < -0.4 is 5.32 Å². The molecule has 4 rings (SSSR count). The predicted octanol–water partition coefficient (Wildman–Crippen LogP) is 2.26. The zero-order valence-electron chi connectivity index (χ0n) is 16.6. The zero-order valence-corrected chi connectivity index (χ0v) is 16.6. The van der Waals surface area contributed by atoms with Gasteiger partial charge < -0.3 is 15.1 Å². The topological polar surface area (TPSA) is 82.8 Å². The second kappa shape index (κ2) is 7.77.